The van der Waals surface area contributed by atoms with Gasteiger partial charge in [-0.3, -0.25) is 4.79 Å². The summed E-state index contributed by atoms with van der Waals surface area (Å²) >= 11 is 0. The Balaban J connectivity index is 2.10. The molecule has 2 atom stereocenters. The quantitative estimate of drug-likeness (QED) is 0.625. The molecule has 1 fully saturated rings. The molecule has 6 nitrogen and oxygen atoms in total. The van der Waals surface area contributed by atoms with E-state index in [-0.39, 0.29) is 12.0 Å². The largest absolute Gasteiger partial charge is 0.379 e. The summed E-state index contributed by atoms with van der Waals surface area (Å²) in [5.74, 6) is 6.18. The SMILES string of the molecule is COC1CN(C(=O)c2cccc(NN)n2)CCC1C. The number of amides is 1. The first-order chi connectivity index (χ1) is 9.15. The van der Waals surface area contributed by atoms with Crippen molar-refractivity contribution < 1.29 is 9.53 Å². The van der Waals surface area contributed by atoms with Crippen molar-refractivity contribution in [3.8, 4) is 0 Å². The highest BCUT2D eigenvalue weighted by Crippen LogP contribution is 2.20. The number of ether oxygens (including phenoxy) is 1. The molecule has 1 aromatic heterocycles. The number of piperidine rings is 1. The third-order valence-corrected chi connectivity index (χ3v) is 3.60. The van der Waals surface area contributed by atoms with Crippen LogP contribution in [0.25, 0.3) is 0 Å². The predicted octanol–water partition coefficient (Wildman–Crippen LogP) is 0.864. The molecule has 0 bridgehead atoms. The molecule has 3 N–H and O–H groups in total. The molecule has 0 aromatic carbocycles. The molecular weight excluding hydrogens is 244 g/mol. The van der Waals surface area contributed by atoms with Crippen molar-refractivity contribution in [2.45, 2.75) is 19.4 Å². The van der Waals surface area contributed by atoms with Gasteiger partial charge >= 0.3 is 0 Å². The second-order valence-corrected chi connectivity index (χ2v) is 4.84. The number of nitrogens with zero attached hydrogens (tertiary/aromatic N) is 2. The number of hydrazine groups is 1. The van der Waals surface area contributed by atoms with Crippen LogP contribution in [0.4, 0.5) is 5.82 Å². The van der Waals surface area contributed by atoms with E-state index in [1.165, 1.54) is 0 Å². The number of hydrogen-bond acceptors (Lipinski definition) is 5. The Hall–Kier alpha value is -1.66. The highest BCUT2D eigenvalue weighted by molar-refractivity contribution is 5.92. The minimum atomic E-state index is -0.0777. The summed E-state index contributed by atoms with van der Waals surface area (Å²) in [7, 11) is 1.69. The topological polar surface area (TPSA) is 80.5 Å². The van der Waals surface area contributed by atoms with E-state index in [1.807, 2.05) is 0 Å². The Morgan fingerprint density at radius 2 is 2.37 bits per heavy atom. The second kappa shape index (κ2) is 5.99. The van der Waals surface area contributed by atoms with Gasteiger partial charge in [-0.1, -0.05) is 13.0 Å². The molecule has 2 heterocycles. The molecule has 19 heavy (non-hydrogen) atoms. The van der Waals surface area contributed by atoms with Crippen LogP contribution in [-0.4, -0.2) is 42.1 Å². The fourth-order valence-corrected chi connectivity index (χ4v) is 2.32. The van der Waals surface area contributed by atoms with E-state index in [9.17, 15) is 4.79 Å². The smallest absolute Gasteiger partial charge is 0.272 e. The zero-order valence-electron chi connectivity index (χ0n) is 11.3. The van der Waals surface area contributed by atoms with Crippen LogP contribution in [0.15, 0.2) is 18.2 Å². The molecule has 1 aliphatic heterocycles. The van der Waals surface area contributed by atoms with Crippen LogP contribution < -0.4 is 11.3 Å². The monoisotopic (exact) mass is 264 g/mol. The highest BCUT2D eigenvalue weighted by Gasteiger charge is 2.29. The standard InChI is InChI=1S/C13H20N4O2/c1-9-6-7-17(8-11(9)19-2)13(18)10-4-3-5-12(15-10)16-14/h3-5,9,11H,6-8,14H2,1-2H3,(H,15,16). The average molecular weight is 264 g/mol. The van der Waals surface area contributed by atoms with Crippen LogP contribution in [0, 0.1) is 5.92 Å². The van der Waals surface area contributed by atoms with Gasteiger partial charge < -0.3 is 15.1 Å². The lowest BCUT2D eigenvalue weighted by molar-refractivity contribution is -0.00176. The molecule has 1 aromatic rings. The molecule has 1 amide bonds. The van der Waals surface area contributed by atoms with Crippen molar-refractivity contribution in [1.82, 2.24) is 9.88 Å². The van der Waals surface area contributed by atoms with Gasteiger partial charge in [-0.15, -0.1) is 0 Å². The van der Waals surface area contributed by atoms with E-state index in [1.54, 1.807) is 30.2 Å². The normalized spacial score (nSPS) is 23.2. The fraction of sp³-hybridized carbons (Fsp3) is 0.538. The van der Waals surface area contributed by atoms with Crippen LogP contribution in [0.3, 0.4) is 0 Å². The molecule has 104 valence electrons. The van der Waals surface area contributed by atoms with E-state index >= 15 is 0 Å². The van der Waals surface area contributed by atoms with Crippen molar-refractivity contribution in [3.05, 3.63) is 23.9 Å². The molecule has 0 saturated carbocycles. The molecule has 2 rings (SSSR count). The Morgan fingerprint density at radius 1 is 1.58 bits per heavy atom. The van der Waals surface area contributed by atoms with Gasteiger partial charge in [-0.25, -0.2) is 10.8 Å². The number of nitrogens with two attached hydrogens (primary N) is 1. The van der Waals surface area contributed by atoms with Gasteiger partial charge in [0.15, 0.2) is 0 Å². The number of aromatic nitrogens is 1. The summed E-state index contributed by atoms with van der Waals surface area (Å²) in [5.41, 5.74) is 2.85. The Labute approximate surface area is 112 Å². The molecular formula is C13H20N4O2. The van der Waals surface area contributed by atoms with Gasteiger partial charge in [0.2, 0.25) is 0 Å². The third-order valence-electron chi connectivity index (χ3n) is 3.60. The minimum absolute atomic E-state index is 0.0777. The number of nitrogen functional groups attached to an aromatic ring is 1. The summed E-state index contributed by atoms with van der Waals surface area (Å²) in [5, 5.41) is 0. The van der Waals surface area contributed by atoms with Gasteiger partial charge in [0, 0.05) is 20.2 Å². The summed E-state index contributed by atoms with van der Waals surface area (Å²) in [6.45, 7) is 3.49. The lowest BCUT2D eigenvalue weighted by Gasteiger charge is -2.36. The number of rotatable bonds is 3. The first-order valence-electron chi connectivity index (χ1n) is 6.41. The zero-order chi connectivity index (χ0) is 13.8. The number of carbonyl (C=O) groups is 1. The first-order valence-corrected chi connectivity index (χ1v) is 6.41. The lowest BCUT2D eigenvalue weighted by atomic mass is 9.95. The maximum atomic E-state index is 12.4. The maximum Gasteiger partial charge on any atom is 0.272 e. The van der Waals surface area contributed by atoms with Gasteiger partial charge in [0.05, 0.1) is 6.10 Å². The van der Waals surface area contributed by atoms with Gasteiger partial charge in [0.1, 0.15) is 11.5 Å². The third kappa shape index (κ3) is 3.02. The first kappa shape index (κ1) is 13.8. The zero-order valence-corrected chi connectivity index (χ0v) is 11.3. The predicted molar refractivity (Wildman–Crippen MR) is 72.5 cm³/mol. The lowest BCUT2D eigenvalue weighted by Crippen LogP contribution is -2.46. The van der Waals surface area contributed by atoms with Crippen LogP contribution >= 0.6 is 0 Å². The minimum Gasteiger partial charge on any atom is -0.379 e. The van der Waals surface area contributed by atoms with Crippen molar-refractivity contribution in [2.24, 2.45) is 11.8 Å². The Kier molecular flexibility index (Phi) is 4.34. The van der Waals surface area contributed by atoms with Gasteiger partial charge in [-0.05, 0) is 24.5 Å². The molecule has 0 aliphatic carbocycles. The van der Waals surface area contributed by atoms with Crippen LogP contribution in [-0.2, 0) is 4.74 Å². The Bertz CT molecular complexity index is 452. The van der Waals surface area contributed by atoms with Crippen LogP contribution in [0.2, 0.25) is 0 Å². The van der Waals surface area contributed by atoms with Crippen LogP contribution in [0.5, 0.6) is 0 Å². The second-order valence-electron chi connectivity index (χ2n) is 4.84. The average Bonchev–Trinajstić information content (AvgIpc) is 2.47. The number of methoxy groups -OCH3 is 1. The number of carbonyl (C=O) groups excluding carboxylic acids is 1. The molecule has 2 unspecified atom stereocenters. The summed E-state index contributed by atoms with van der Waals surface area (Å²) < 4.78 is 5.42. The Morgan fingerprint density at radius 3 is 3.05 bits per heavy atom. The number of anilines is 1. The van der Waals surface area contributed by atoms with E-state index in [4.69, 9.17) is 10.6 Å². The van der Waals surface area contributed by atoms with Crippen molar-refractivity contribution in [1.29, 1.82) is 0 Å². The van der Waals surface area contributed by atoms with E-state index in [0.717, 1.165) is 13.0 Å². The summed E-state index contributed by atoms with van der Waals surface area (Å²) in [4.78, 5) is 18.3. The van der Waals surface area contributed by atoms with Crippen molar-refractivity contribution in [2.75, 3.05) is 25.6 Å². The van der Waals surface area contributed by atoms with Gasteiger partial charge in [0.25, 0.3) is 5.91 Å². The van der Waals surface area contributed by atoms with E-state index in [2.05, 4.69) is 17.3 Å². The molecule has 1 saturated heterocycles. The van der Waals surface area contributed by atoms with Crippen molar-refractivity contribution >= 4 is 11.7 Å². The number of likely N-dealkylation sites (tertiary alicyclic amines) is 1. The van der Waals surface area contributed by atoms with Gasteiger partial charge in [-0.2, -0.15) is 0 Å². The molecule has 1 aliphatic rings. The number of hydrogen-bond donors (Lipinski definition) is 2. The maximum absolute atomic E-state index is 12.4. The highest BCUT2D eigenvalue weighted by atomic mass is 16.5. The molecule has 0 radical (unpaired) electrons. The fourth-order valence-electron chi connectivity index (χ4n) is 2.32. The van der Waals surface area contributed by atoms with E-state index in [0.29, 0.717) is 24.0 Å². The summed E-state index contributed by atoms with van der Waals surface area (Å²) in [6.07, 6.45) is 1.03. The van der Waals surface area contributed by atoms with Crippen molar-refractivity contribution in [3.63, 3.8) is 0 Å². The molecule has 6 heteroatoms. The number of nitrogens with one attached hydrogen (secondary N) is 1. The number of pyridine rings is 1. The van der Waals surface area contributed by atoms with E-state index < -0.39 is 0 Å². The van der Waals surface area contributed by atoms with Crippen LogP contribution in [0.1, 0.15) is 23.8 Å². The summed E-state index contributed by atoms with van der Waals surface area (Å²) in [6, 6.07) is 5.17. The molecule has 0 spiro atoms.